The van der Waals surface area contributed by atoms with Crippen molar-refractivity contribution in [1.82, 2.24) is 20.4 Å². The number of thioether (sulfide) groups is 2. The van der Waals surface area contributed by atoms with Crippen molar-refractivity contribution in [2.75, 3.05) is 52.4 Å². The highest BCUT2D eigenvalue weighted by atomic mass is 32.2. The largest absolute Gasteiger partial charge is 0.339 e. The van der Waals surface area contributed by atoms with Crippen molar-refractivity contribution in [3.05, 3.63) is 0 Å². The molecule has 2 amide bonds. The van der Waals surface area contributed by atoms with Crippen LogP contribution < -0.4 is 10.6 Å². The molecule has 0 aromatic heterocycles. The Kier molecular flexibility index (Phi) is 26.2. The predicted molar refractivity (Wildman–Crippen MR) is 230 cm³/mol. The van der Waals surface area contributed by atoms with E-state index in [9.17, 15) is 24.0 Å². The molecular weight excluding hydrogens is 745 g/mol. The molecule has 0 radical (unpaired) electrons. The molecule has 4 aliphatic rings. The first kappa shape index (κ1) is 48.4. The fourth-order valence-corrected chi connectivity index (χ4v) is 9.72. The SMILES string of the molecule is C1CNCCN1.CC(C)CC(=O)CCC(S)CCCCC(S)CCC(=O)N1CCN(C(=O)C(C)C)CC1.O=C1CCC(CCCCC2CCC(=O)S2)S1. The molecule has 4 saturated heterocycles. The molecule has 0 aromatic carbocycles. The summed E-state index contributed by atoms with van der Waals surface area (Å²) in [5.41, 5.74) is 0. The molecular formula is C40H72N4O5S4. The van der Waals surface area contributed by atoms with Gasteiger partial charge >= 0.3 is 0 Å². The number of piperazine rings is 2. The lowest BCUT2D eigenvalue weighted by atomic mass is 10.0. The Labute approximate surface area is 341 Å². The van der Waals surface area contributed by atoms with Crippen LogP contribution in [0.2, 0.25) is 0 Å². The first-order valence-corrected chi connectivity index (χ1v) is 23.4. The minimum Gasteiger partial charge on any atom is -0.339 e. The van der Waals surface area contributed by atoms with Crippen molar-refractivity contribution in [3.63, 3.8) is 0 Å². The average molecular weight is 817 g/mol. The van der Waals surface area contributed by atoms with Gasteiger partial charge < -0.3 is 20.4 Å². The van der Waals surface area contributed by atoms with Crippen LogP contribution in [0.15, 0.2) is 0 Å². The summed E-state index contributed by atoms with van der Waals surface area (Å²) in [6, 6.07) is 0. The second-order valence-electron chi connectivity index (χ2n) is 15.8. The Morgan fingerprint density at radius 1 is 0.679 bits per heavy atom. The lowest BCUT2D eigenvalue weighted by Crippen LogP contribution is -2.51. The van der Waals surface area contributed by atoms with Crippen LogP contribution in [0.3, 0.4) is 0 Å². The van der Waals surface area contributed by atoms with E-state index >= 15 is 0 Å². The molecule has 0 aromatic rings. The van der Waals surface area contributed by atoms with Crippen LogP contribution >= 0.6 is 48.8 Å². The average Bonchev–Trinajstić information content (AvgIpc) is 3.77. The summed E-state index contributed by atoms with van der Waals surface area (Å²) in [7, 11) is 0. The number of thiol groups is 2. The van der Waals surface area contributed by atoms with E-state index in [-0.39, 0.29) is 28.2 Å². The molecule has 0 spiro atoms. The quantitative estimate of drug-likeness (QED) is 0.0793. The number of nitrogens with one attached hydrogen (secondary N) is 2. The zero-order valence-corrected chi connectivity index (χ0v) is 36.7. The number of hydrogen-bond donors (Lipinski definition) is 4. The molecule has 4 unspecified atom stereocenters. The van der Waals surface area contributed by atoms with Gasteiger partial charge in [-0.25, -0.2) is 0 Å². The highest BCUT2D eigenvalue weighted by Crippen LogP contribution is 2.34. The minimum atomic E-state index is 0.0115. The number of unbranched alkanes of at least 4 members (excludes halogenated alkanes) is 2. The third-order valence-electron chi connectivity index (χ3n) is 10.0. The third-order valence-corrected chi connectivity index (χ3v) is 13.6. The second kappa shape index (κ2) is 28.6. The second-order valence-corrected chi connectivity index (χ2v) is 19.9. The van der Waals surface area contributed by atoms with Crippen molar-refractivity contribution >= 4 is 76.6 Å². The van der Waals surface area contributed by atoms with E-state index in [0.717, 1.165) is 90.4 Å². The smallest absolute Gasteiger partial charge is 0.225 e. The molecule has 4 heterocycles. The molecule has 306 valence electrons. The highest BCUT2D eigenvalue weighted by molar-refractivity contribution is 8.14. The molecule has 4 fully saturated rings. The molecule has 4 atom stereocenters. The lowest BCUT2D eigenvalue weighted by Gasteiger charge is -2.35. The Hall–Kier alpha value is -0.730. The van der Waals surface area contributed by atoms with E-state index in [1.54, 1.807) is 23.5 Å². The minimum absolute atomic E-state index is 0.0115. The molecule has 2 N–H and O–H groups in total. The van der Waals surface area contributed by atoms with Crippen LogP contribution in [0.25, 0.3) is 0 Å². The molecule has 53 heavy (non-hydrogen) atoms. The van der Waals surface area contributed by atoms with Crippen LogP contribution in [0.4, 0.5) is 0 Å². The van der Waals surface area contributed by atoms with Gasteiger partial charge in [0.25, 0.3) is 0 Å². The van der Waals surface area contributed by atoms with Crippen LogP contribution in [-0.4, -0.2) is 111 Å². The topological polar surface area (TPSA) is 116 Å². The molecule has 9 nitrogen and oxygen atoms in total. The van der Waals surface area contributed by atoms with Crippen molar-refractivity contribution in [3.8, 4) is 0 Å². The van der Waals surface area contributed by atoms with Crippen LogP contribution in [0, 0.1) is 11.8 Å². The van der Waals surface area contributed by atoms with Gasteiger partial charge in [-0.15, -0.1) is 0 Å². The van der Waals surface area contributed by atoms with E-state index < -0.39 is 0 Å². The van der Waals surface area contributed by atoms with E-state index in [1.807, 2.05) is 23.6 Å². The highest BCUT2D eigenvalue weighted by Gasteiger charge is 2.26. The zero-order valence-electron chi connectivity index (χ0n) is 33.3. The van der Waals surface area contributed by atoms with E-state index in [0.29, 0.717) is 77.9 Å². The summed E-state index contributed by atoms with van der Waals surface area (Å²) < 4.78 is 0. The number of amides is 2. The van der Waals surface area contributed by atoms with Gasteiger partial charge in [0.05, 0.1) is 0 Å². The van der Waals surface area contributed by atoms with Crippen LogP contribution in [-0.2, 0) is 24.0 Å². The predicted octanol–water partition coefficient (Wildman–Crippen LogP) is 7.22. The maximum Gasteiger partial charge on any atom is 0.225 e. The normalized spacial score (nSPS) is 21.6. The maximum atomic E-state index is 12.5. The maximum absolute atomic E-state index is 12.5. The van der Waals surface area contributed by atoms with E-state index in [1.165, 1.54) is 25.7 Å². The lowest BCUT2D eigenvalue weighted by molar-refractivity contribution is -0.141. The summed E-state index contributed by atoms with van der Waals surface area (Å²) in [5, 5.41) is 8.90. The number of ketones is 1. The third kappa shape index (κ3) is 23.2. The van der Waals surface area contributed by atoms with Gasteiger partial charge in [-0.3, -0.25) is 24.0 Å². The van der Waals surface area contributed by atoms with Gasteiger partial charge in [0.2, 0.25) is 11.8 Å². The fourth-order valence-electron chi connectivity index (χ4n) is 6.84. The molecule has 13 heteroatoms. The van der Waals surface area contributed by atoms with E-state index in [4.69, 9.17) is 0 Å². The van der Waals surface area contributed by atoms with Crippen molar-refractivity contribution in [2.45, 2.75) is 158 Å². The Bertz CT molecular complexity index is 1050. The summed E-state index contributed by atoms with van der Waals surface area (Å²) in [6.07, 6.45) is 16.2. The number of nitrogens with zero attached hydrogens (tertiary/aromatic N) is 2. The van der Waals surface area contributed by atoms with Gasteiger partial charge in [0, 0.05) is 111 Å². The Morgan fingerprint density at radius 2 is 1.13 bits per heavy atom. The number of hydrogen-bond acceptors (Lipinski definition) is 11. The number of carbonyl (C=O) groups is 5. The van der Waals surface area contributed by atoms with Gasteiger partial charge in [-0.05, 0) is 57.3 Å². The summed E-state index contributed by atoms with van der Waals surface area (Å²) >= 11 is 12.4. The number of Topliss-reactive ketones (excluding diaryl/α,β-unsaturated/α-hetero) is 1. The molecule has 0 bridgehead atoms. The van der Waals surface area contributed by atoms with Gasteiger partial charge in [0.1, 0.15) is 5.78 Å². The van der Waals surface area contributed by atoms with Gasteiger partial charge in [0.15, 0.2) is 10.2 Å². The summed E-state index contributed by atoms with van der Waals surface area (Å²) in [4.78, 5) is 62.2. The van der Waals surface area contributed by atoms with Crippen molar-refractivity contribution < 1.29 is 24.0 Å². The molecule has 4 rings (SSSR count). The summed E-state index contributed by atoms with van der Waals surface area (Å²) in [5.74, 6) is 1.15. The molecule has 0 aliphatic carbocycles. The number of rotatable bonds is 19. The van der Waals surface area contributed by atoms with E-state index in [2.05, 4.69) is 49.7 Å². The standard InChI is InChI=1S/C24H44N2O3S2.C12H18O2S2.C4H10N2/c1-18(2)17-20(27)9-10-21(30)7-5-6-8-22(31)11-12-23(28)25-13-15-26(16-14-25)24(29)19(3)4;13-11-7-5-9(15-11)3-1-2-4-10-6-8-12(14)16-10;1-2-6-4-3-5-1/h18-19,21-22,30-31H,5-17H2,1-4H3;9-10H,1-8H2;5-6H,1-4H2. The van der Waals surface area contributed by atoms with Crippen LogP contribution in [0.5, 0.6) is 0 Å². The van der Waals surface area contributed by atoms with Crippen LogP contribution in [0.1, 0.15) is 137 Å². The zero-order chi connectivity index (χ0) is 39.0. The molecule has 4 aliphatic heterocycles. The first-order valence-electron chi connectivity index (χ1n) is 20.6. The Morgan fingerprint density at radius 3 is 1.53 bits per heavy atom. The van der Waals surface area contributed by atoms with Crippen molar-refractivity contribution in [1.29, 1.82) is 0 Å². The molecule has 0 saturated carbocycles. The van der Waals surface area contributed by atoms with Gasteiger partial charge in [-0.2, -0.15) is 25.3 Å². The fraction of sp³-hybridized carbons (Fsp3) is 0.875. The summed E-state index contributed by atoms with van der Waals surface area (Å²) in [6.45, 7) is 15.1. The first-order chi connectivity index (χ1) is 25.3. The van der Waals surface area contributed by atoms with Crippen molar-refractivity contribution in [2.24, 2.45) is 11.8 Å². The Balaban J connectivity index is 0.000000359. The monoisotopic (exact) mass is 816 g/mol. The number of carbonyl (C=O) groups excluding carboxylic acids is 5. The van der Waals surface area contributed by atoms with Gasteiger partial charge in [-0.1, -0.05) is 76.9 Å².